The van der Waals surface area contributed by atoms with Gasteiger partial charge in [0.25, 0.3) is 0 Å². The maximum absolute atomic E-state index is 12.8. The van der Waals surface area contributed by atoms with Crippen LogP contribution in [0, 0.1) is 42.4 Å². The van der Waals surface area contributed by atoms with E-state index < -0.39 is 0 Å². The Kier molecular flexibility index (Phi) is 2.59. The van der Waals surface area contributed by atoms with Gasteiger partial charge in [-0.05, 0) is 48.6 Å². The van der Waals surface area contributed by atoms with Crippen molar-refractivity contribution in [1.82, 2.24) is 4.90 Å². The molecule has 0 unspecified atom stereocenters. The van der Waals surface area contributed by atoms with Gasteiger partial charge in [-0.3, -0.25) is 14.5 Å². The molecule has 23 heavy (non-hydrogen) atoms. The standard InChI is InChI=1S/C19H20N2O2/c1-10-4-2-3-5-15(10)20-9-21-18(22)16-11-6-7-12(14-8-13(11)14)17(16)19(21)23/h2-7,11-14,16-17,20H,8-9H2,1H3/t11-,12-,13-,14-,16+,17+/m1/s1. The van der Waals surface area contributed by atoms with E-state index in [2.05, 4.69) is 17.5 Å². The summed E-state index contributed by atoms with van der Waals surface area (Å²) >= 11 is 0. The first kappa shape index (κ1) is 13.3. The van der Waals surface area contributed by atoms with Crippen LogP contribution in [0.15, 0.2) is 36.4 Å². The molecule has 6 rings (SSSR count). The summed E-state index contributed by atoms with van der Waals surface area (Å²) in [7, 11) is 0. The minimum Gasteiger partial charge on any atom is -0.367 e. The molecule has 4 heteroatoms. The first-order valence-corrected chi connectivity index (χ1v) is 8.50. The third-order valence-corrected chi connectivity index (χ3v) is 6.33. The van der Waals surface area contributed by atoms with Gasteiger partial charge < -0.3 is 5.32 Å². The first-order chi connectivity index (χ1) is 11.2. The number of likely N-dealkylation sites (tertiary alicyclic amines) is 1. The molecule has 2 amide bonds. The van der Waals surface area contributed by atoms with Crippen molar-refractivity contribution < 1.29 is 9.59 Å². The van der Waals surface area contributed by atoms with Crippen molar-refractivity contribution in [3.05, 3.63) is 42.0 Å². The molecule has 3 fully saturated rings. The summed E-state index contributed by atoms with van der Waals surface area (Å²) < 4.78 is 0. The molecule has 1 heterocycles. The van der Waals surface area contributed by atoms with Crippen molar-refractivity contribution in [1.29, 1.82) is 0 Å². The van der Waals surface area contributed by atoms with Crippen LogP contribution in [0.1, 0.15) is 12.0 Å². The number of anilines is 1. The zero-order valence-corrected chi connectivity index (χ0v) is 13.1. The number of carbonyl (C=O) groups excluding carboxylic acids is 2. The minimum atomic E-state index is -0.0973. The van der Waals surface area contributed by atoms with Gasteiger partial charge in [-0.2, -0.15) is 0 Å². The highest BCUT2D eigenvalue weighted by atomic mass is 16.2. The van der Waals surface area contributed by atoms with Crippen LogP contribution in [-0.4, -0.2) is 23.4 Å². The molecule has 2 bridgehead atoms. The Labute approximate surface area is 135 Å². The number of benzene rings is 1. The Hall–Kier alpha value is -2.10. The second-order valence-corrected chi connectivity index (χ2v) is 7.41. The number of amides is 2. The van der Waals surface area contributed by atoms with Gasteiger partial charge in [0.15, 0.2) is 0 Å². The number of hydrogen-bond acceptors (Lipinski definition) is 3. The van der Waals surface area contributed by atoms with Gasteiger partial charge in [0.2, 0.25) is 11.8 Å². The van der Waals surface area contributed by atoms with Gasteiger partial charge in [-0.1, -0.05) is 30.4 Å². The molecule has 118 valence electrons. The Morgan fingerprint density at radius 2 is 1.65 bits per heavy atom. The fraction of sp³-hybridized carbons (Fsp3) is 0.474. The van der Waals surface area contributed by atoms with Crippen molar-refractivity contribution in [3.8, 4) is 0 Å². The van der Waals surface area contributed by atoms with Gasteiger partial charge in [0, 0.05) is 5.69 Å². The third kappa shape index (κ3) is 1.72. The van der Waals surface area contributed by atoms with E-state index in [1.54, 1.807) is 0 Å². The summed E-state index contributed by atoms with van der Waals surface area (Å²) in [6.07, 6.45) is 5.63. The molecule has 5 aliphatic rings. The van der Waals surface area contributed by atoms with Gasteiger partial charge in [0.05, 0.1) is 18.5 Å². The molecule has 1 N–H and O–H groups in total. The molecule has 0 radical (unpaired) electrons. The minimum absolute atomic E-state index is 0.0331. The van der Waals surface area contributed by atoms with Crippen molar-refractivity contribution in [2.24, 2.45) is 35.5 Å². The summed E-state index contributed by atoms with van der Waals surface area (Å²) in [6.45, 7) is 2.30. The van der Waals surface area contributed by atoms with Crippen LogP contribution in [0.4, 0.5) is 5.69 Å². The lowest BCUT2D eigenvalue weighted by Gasteiger charge is -2.37. The van der Waals surface area contributed by atoms with E-state index in [9.17, 15) is 9.59 Å². The van der Waals surface area contributed by atoms with Crippen LogP contribution in [0.3, 0.4) is 0 Å². The summed E-state index contributed by atoms with van der Waals surface area (Å²) in [5.74, 6) is 1.79. The van der Waals surface area contributed by atoms with Crippen LogP contribution < -0.4 is 5.32 Å². The SMILES string of the molecule is Cc1ccccc1NCN1C(=O)[C@H]2[C@@H]3C=C[C@H]([C@H]4C[C@H]34)[C@@H]2C1=O. The normalized spacial score (nSPS) is 39.4. The van der Waals surface area contributed by atoms with E-state index >= 15 is 0 Å². The first-order valence-electron chi connectivity index (χ1n) is 8.50. The predicted octanol–water partition coefficient (Wildman–Crippen LogP) is 2.42. The fourth-order valence-corrected chi connectivity index (χ4v) is 5.11. The molecule has 4 aliphatic carbocycles. The molecular weight excluding hydrogens is 288 g/mol. The lowest BCUT2D eigenvalue weighted by Crippen LogP contribution is -2.40. The highest BCUT2D eigenvalue weighted by Crippen LogP contribution is 2.65. The smallest absolute Gasteiger partial charge is 0.235 e. The number of allylic oxidation sites excluding steroid dienone is 2. The number of nitrogens with one attached hydrogen (secondary N) is 1. The maximum atomic E-state index is 12.8. The van der Waals surface area contributed by atoms with Gasteiger partial charge in [-0.15, -0.1) is 0 Å². The number of para-hydroxylation sites is 1. The lowest BCUT2D eigenvalue weighted by molar-refractivity contribution is -0.139. The lowest BCUT2D eigenvalue weighted by atomic mass is 9.63. The van der Waals surface area contributed by atoms with Gasteiger partial charge in [0.1, 0.15) is 0 Å². The van der Waals surface area contributed by atoms with Crippen molar-refractivity contribution in [2.45, 2.75) is 13.3 Å². The zero-order chi connectivity index (χ0) is 15.7. The second kappa shape index (κ2) is 4.47. The van der Waals surface area contributed by atoms with E-state index in [-0.39, 0.29) is 30.3 Å². The molecule has 6 atom stereocenters. The molecule has 1 aromatic carbocycles. The Balaban J connectivity index is 1.38. The largest absolute Gasteiger partial charge is 0.367 e. The van der Waals surface area contributed by atoms with E-state index in [1.807, 2.05) is 31.2 Å². The van der Waals surface area contributed by atoms with E-state index in [0.29, 0.717) is 23.7 Å². The van der Waals surface area contributed by atoms with Gasteiger partial charge in [-0.25, -0.2) is 0 Å². The molecule has 2 saturated carbocycles. The Morgan fingerprint density at radius 1 is 1.04 bits per heavy atom. The quantitative estimate of drug-likeness (QED) is 0.689. The highest BCUT2D eigenvalue weighted by molar-refractivity contribution is 6.06. The number of hydrogen-bond donors (Lipinski definition) is 1. The number of carbonyl (C=O) groups is 2. The zero-order valence-electron chi connectivity index (χ0n) is 13.1. The molecule has 0 aromatic heterocycles. The van der Waals surface area contributed by atoms with Crippen LogP contribution in [0.25, 0.3) is 0 Å². The maximum Gasteiger partial charge on any atom is 0.235 e. The monoisotopic (exact) mass is 308 g/mol. The van der Waals surface area contributed by atoms with Crippen LogP contribution in [0.2, 0.25) is 0 Å². The van der Waals surface area contributed by atoms with Gasteiger partial charge >= 0.3 is 0 Å². The average molecular weight is 308 g/mol. The third-order valence-electron chi connectivity index (χ3n) is 6.33. The van der Waals surface area contributed by atoms with Crippen LogP contribution in [-0.2, 0) is 9.59 Å². The molecular formula is C19H20N2O2. The van der Waals surface area contributed by atoms with E-state index in [4.69, 9.17) is 0 Å². The molecule has 4 nitrogen and oxygen atoms in total. The van der Waals surface area contributed by atoms with Crippen molar-refractivity contribution in [2.75, 3.05) is 12.0 Å². The van der Waals surface area contributed by atoms with Crippen molar-refractivity contribution >= 4 is 17.5 Å². The number of aryl methyl sites for hydroxylation is 1. The topological polar surface area (TPSA) is 49.4 Å². The average Bonchev–Trinajstić information content (AvgIpc) is 3.33. The summed E-state index contributed by atoms with van der Waals surface area (Å²) in [6, 6.07) is 7.94. The summed E-state index contributed by atoms with van der Waals surface area (Å²) in [5, 5.41) is 3.26. The highest BCUT2D eigenvalue weighted by Gasteiger charge is 2.66. The Bertz CT molecular complexity index is 705. The molecule has 1 saturated heterocycles. The fourth-order valence-electron chi connectivity index (χ4n) is 5.11. The van der Waals surface area contributed by atoms with Crippen LogP contribution >= 0.6 is 0 Å². The molecule has 1 aromatic rings. The predicted molar refractivity (Wildman–Crippen MR) is 86.2 cm³/mol. The summed E-state index contributed by atoms with van der Waals surface area (Å²) in [4.78, 5) is 27.1. The number of imide groups is 1. The number of rotatable bonds is 3. The molecule has 1 aliphatic heterocycles. The number of nitrogens with zero attached hydrogens (tertiary/aromatic N) is 1. The molecule has 0 spiro atoms. The van der Waals surface area contributed by atoms with Crippen molar-refractivity contribution in [3.63, 3.8) is 0 Å². The van der Waals surface area contributed by atoms with E-state index in [0.717, 1.165) is 11.3 Å². The second-order valence-electron chi connectivity index (χ2n) is 7.41. The van der Waals surface area contributed by atoms with E-state index in [1.165, 1.54) is 11.3 Å². The Morgan fingerprint density at radius 3 is 2.26 bits per heavy atom. The van der Waals surface area contributed by atoms with Crippen LogP contribution in [0.5, 0.6) is 0 Å². The summed E-state index contributed by atoms with van der Waals surface area (Å²) in [5.41, 5.74) is 2.10.